The summed E-state index contributed by atoms with van der Waals surface area (Å²) >= 11 is 0. The first kappa shape index (κ1) is 22.1. The van der Waals surface area contributed by atoms with Crippen LogP contribution in [0.5, 0.6) is 0 Å². The SMILES string of the molecule is COC(=O)c1ccc(-c2cn(CC3CCC4(CC3)CC4)c3cc(-c4c(C)noc4C)cnc23)cc1. The van der Waals surface area contributed by atoms with E-state index in [1.54, 1.807) is 0 Å². The highest BCUT2D eigenvalue weighted by Crippen LogP contribution is 2.57. The maximum absolute atomic E-state index is 11.9. The van der Waals surface area contributed by atoms with Gasteiger partial charge in [0.05, 0.1) is 29.4 Å². The second-order valence-corrected chi connectivity index (χ2v) is 10.5. The van der Waals surface area contributed by atoms with Crippen molar-refractivity contribution in [1.29, 1.82) is 0 Å². The van der Waals surface area contributed by atoms with E-state index in [-0.39, 0.29) is 5.97 Å². The second kappa shape index (κ2) is 8.36. The lowest BCUT2D eigenvalue weighted by molar-refractivity contribution is 0.0600. The molecule has 2 fully saturated rings. The predicted octanol–water partition coefficient (Wildman–Crippen LogP) is 6.73. The smallest absolute Gasteiger partial charge is 0.337 e. The van der Waals surface area contributed by atoms with Crippen LogP contribution in [-0.4, -0.2) is 27.8 Å². The number of ether oxygens (including phenoxy) is 1. The maximum atomic E-state index is 11.9. The summed E-state index contributed by atoms with van der Waals surface area (Å²) < 4.78 is 12.7. The summed E-state index contributed by atoms with van der Waals surface area (Å²) in [6.07, 6.45) is 12.4. The van der Waals surface area contributed by atoms with Gasteiger partial charge in [-0.3, -0.25) is 4.98 Å². The molecule has 0 radical (unpaired) electrons. The van der Waals surface area contributed by atoms with E-state index in [9.17, 15) is 4.79 Å². The fraction of sp³-hybridized carbons (Fsp3) is 0.414. The quantitative estimate of drug-likeness (QED) is 0.303. The molecule has 2 aliphatic rings. The molecule has 180 valence electrons. The molecule has 0 N–H and O–H groups in total. The van der Waals surface area contributed by atoms with Crippen molar-refractivity contribution >= 4 is 17.0 Å². The van der Waals surface area contributed by atoms with Gasteiger partial charge >= 0.3 is 5.97 Å². The molecule has 6 heteroatoms. The lowest BCUT2D eigenvalue weighted by Crippen LogP contribution is -2.19. The van der Waals surface area contributed by atoms with Crippen LogP contribution in [0, 0.1) is 25.2 Å². The molecule has 6 rings (SSSR count). The van der Waals surface area contributed by atoms with E-state index in [1.807, 2.05) is 44.3 Å². The largest absolute Gasteiger partial charge is 0.465 e. The Morgan fingerprint density at radius 2 is 1.86 bits per heavy atom. The number of carbonyl (C=O) groups is 1. The van der Waals surface area contributed by atoms with Gasteiger partial charge in [-0.05, 0) is 87.5 Å². The number of pyridine rings is 1. The summed E-state index contributed by atoms with van der Waals surface area (Å²) in [5.74, 6) is 1.17. The van der Waals surface area contributed by atoms with Crippen molar-refractivity contribution in [2.24, 2.45) is 11.3 Å². The summed E-state index contributed by atoms with van der Waals surface area (Å²) in [4.78, 5) is 16.8. The summed E-state index contributed by atoms with van der Waals surface area (Å²) in [6, 6.07) is 9.82. The average Bonchev–Trinajstić information content (AvgIpc) is 3.43. The Kier molecular flexibility index (Phi) is 5.28. The number of hydrogen-bond donors (Lipinski definition) is 0. The lowest BCUT2D eigenvalue weighted by atomic mass is 9.80. The van der Waals surface area contributed by atoms with E-state index in [4.69, 9.17) is 14.2 Å². The summed E-state index contributed by atoms with van der Waals surface area (Å²) in [5, 5.41) is 4.14. The van der Waals surface area contributed by atoms with Crippen molar-refractivity contribution in [1.82, 2.24) is 14.7 Å². The van der Waals surface area contributed by atoms with Crippen molar-refractivity contribution in [3.05, 3.63) is 59.7 Å². The number of nitrogens with zero attached hydrogens (tertiary/aromatic N) is 3. The van der Waals surface area contributed by atoms with Crippen LogP contribution < -0.4 is 0 Å². The number of aromatic nitrogens is 3. The Labute approximate surface area is 205 Å². The highest BCUT2D eigenvalue weighted by Gasteiger charge is 2.44. The third-order valence-electron chi connectivity index (χ3n) is 8.23. The number of methoxy groups -OCH3 is 1. The Morgan fingerprint density at radius 3 is 2.49 bits per heavy atom. The fourth-order valence-corrected chi connectivity index (χ4v) is 5.89. The Balaban J connectivity index is 1.41. The molecular weight excluding hydrogens is 438 g/mol. The van der Waals surface area contributed by atoms with Crippen LogP contribution in [0.4, 0.5) is 0 Å². The van der Waals surface area contributed by atoms with Gasteiger partial charge in [0.2, 0.25) is 0 Å². The standard InChI is InChI=1S/C29H31N3O3/c1-18-26(19(2)35-31-18)23-14-25-27(30-15-23)24(21-4-6-22(7-5-21)28(33)34-3)17-32(25)16-20-8-10-29(11-9-20)12-13-29/h4-7,14-15,17,20H,8-13,16H2,1-3H3. The third kappa shape index (κ3) is 3.95. The van der Waals surface area contributed by atoms with Crippen LogP contribution in [0.15, 0.2) is 47.2 Å². The van der Waals surface area contributed by atoms with Crippen LogP contribution in [0.1, 0.15) is 60.3 Å². The second-order valence-electron chi connectivity index (χ2n) is 10.5. The van der Waals surface area contributed by atoms with E-state index in [0.29, 0.717) is 16.9 Å². The monoisotopic (exact) mass is 469 g/mol. The number of esters is 1. The van der Waals surface area contributed by atoms with Gasteiger partial charge in [0.25, 0.3) is 0 Å². The summed E-state index contributed by atoms with van der Waals surface area (Å²) in [6.45, 7) is 4.92. The van der Waals surface area contributed by atoms with Gasteiger partial charge in [0.1, 0.15) is 5.76 Å². The van der Waals surface area contributed by atoms with Gasteiger partial charge in [-0.15, -0.1) is 0 Å². The average molecular weight is 470 g/mol. The first-order chi connectivity index (χ1) is 17.0. The molecule has 0 saturated heterocycles. The van der Waals surface area contributed by atoms with Crippen molar-refractivity contribution in [3.63, 3.8) is 0 Å². The molecule has 0 bridgehead atoms. The molecule has 6 nitrogen and oxygen atoms in total. The molecule has 0 atom stereocenters. The number of hydrogen-bond acceptors (Lipinski definition) is 5. The van der Waals surface area contributed by atoms with E-state index in [1.165, 1.54) is 45.6 Å². The number of carbonyl (C=O) groups excluding carboxylic acids is 1. The highest BCUT2D eigenvalue weighted by atomic mass is 16.5. The fourth-order valence-electron chi connectivity index (χ4n) is 5.89. The van der Waals surface area contributed by atoms with Gasteiger partial charge in [0.15, 0.2) is 0 Å². The summed E-state index contributed by atoms with van der Waals surface area (Å²) in [5.41, 5.74) is 8.38. The molecule has 1 spiro atoms. The highest BCUT2D eigenvalue weighted by molar-refractivity contribution is 5.96. The van der Waals surface area contributed by atoms with E-state index in [0.717, 1.165) is 51.3 Å². The van der Waals surface area contributed by atoms with Crippen molar-refractivity contribution in [2.75, 3.05) is 7.11 Å². The molecule has 0 amide bonds. The maximum Gasteiger partial charge on any atom is 0.337 e. The normalized spacial score (nSPS) is 17.2. The zero-order chi connectivity index (χ0) is 24.2. The van der Waals surface area contributed by atoms with Crippen LogP contribution >= 0.6 is 0 Å². The molecule has 35 heavy (non-hydrogen) atoms. The molecular formula is C29H31N3O3. The molecule has 0 aliphatic heterocycles. The minimum Gasteiger partial charge on any atom is -0.465 e. The van der Waals surface area contributed by atoms with E-state index >= 15 is 0 Å². The van der Waals surface area contributed by atoms with Gasteiger partial charge in [0, 0.05) is 35.6 Å². The molecule has 3 aromatic heterocycles. The molecule has 2 saturated carbocycles. The molecule has 1 aromatic carbocycles. The number of benzene rings is 1. The number of aryl methyl sites for hydroxylation is 2. The summed E-state index contributed by atoms with van der Waals surface area (Å²) in [7, 11) is 1.40. The Morgan fingerprint density at radius 1 is 1.11 bits per heavy atom. The van der Waals surface area contributed by atoms with Crippen LogP contribution in [-0.2, 0) is 11.3 Å². The number of fused-ring (bicyclic) bond motifs is 1. The zero-order valence-corrected chi connectivity index (χ0v) is 20.6. The Bertz CT molecular complexity index is 1380. The zero-order valence-electron chi connectivity index (χ0n) is 20.6. The van der Waals surface area contributed by atoms with Crippen molar-refractivity contribution in [3.8, 4) is 22.3 Å². The Hall–Kier alpha value is -3.41. The first-order valence-electron chi connectivity index (χ1n) is 12.6. The van der Waals surface area contributed by atoms with Gasteiger partial charge in [-0.1, -0.05) is 17.3 Å². The van der Waals surface area contributed by atoms with Gasteiger partial charge in [-0.25, -0.2) is 4.79 Å². The van der Waals surface area contributed by atoms with Crippen LogP contribution in [0.3, 0.4) is 0 Å². The van der Waals surface area contributed by atoms with Crippen LogP contribution in [0.2, 0.25) is 0 Å². The third-order valence-corrected chi connectivity index (χ3v) is 8.23. The minimum absolute atomic E-state index is 0.327. The van der Waals surface area contributed by atoms with Crippen LogP contribution in [0.25, 0.3) is 33.3 Å². The van der Waals surface area contributed by atoms with Gasteiger partial charge < -0.3 is 13.8 Å². The van der Waals surface area contributed by atoms with Crippen molar-refractivity contribution in [2.45, 2.75) is 58.9 Å². The molecule has 3 heterocycles. The first-order valence-corrected chi connectivity index (χ1v) is 12.6. The lowest BCUT2D eigenvalue weighted by Gasteiger charge is -2.28. The van der Waals surface area contributed by atoms with E-state index < -0.39 is 0 Å². The van der Waals surface area contributed by atoms with E-state index in [2.05, 4.69) is 22.0 Å². The minimum atomic E-state index is -0.327. The number of rotatable bonds is 5. The topological polar surface area (TPSA) is 70.2 Å². The predicted molar refractivity (Wildman–Crippen MR) is 135 cm³/mol. The molecule has 0 unspecified atom stereocenters. The van der Waals surface area contributed by atoms with Gasteiger partial charge in [-0.2, -0.15) is 0 Å². The molecule has 2 aliphatic carbocycles. The van der Waals surface area contributed by atoms with Crippen molar-refractivity contribution < 1.29 is 14.1 Å². The molecule has 4 aromatic rings.